The third kappa shape index (κ3) is 4.85. The summed E-state index contributed by atoms with van der Waals surface area (Å²) in [5, 5.41) is 17.3. The molecule has 0 aliphatic carbocycles. The fourth-order valence-electron chi connectivity index (χ4n) is 3.18. The van der Waals surface area contributed by atoms with Crippen molar-refractivity contribution in [3.63, 3.8) is 0 Å². The van der Waals surface area contributed by atoms with Gasteiger partial charge >= 0.3 is 6.18 Å². The molecule has 0 unspecified atom stereocenters. The number of halogens is 3. The van der Waals surface area contributed by atoms with Crippen molar-refractivity contribution in [2.75, 3.05) is 11.9 Å². The molecule has 3 amide bonds. The maximum atomic E-state index is 12.8. The molecule has 2 aromatic rings. The number of fused-ring (bicyclic) bond motifs is 3. The van der Waals surface area contributed by atoms with Crippen LogP contribution in [0, 0.1) is 0 Å². The molecule has 0 fully saturated rings. The van der Waals surface area contributed by atoms with Crippen LogP contribution in [0.2, 0.25) is 0 Å². The molecule has 2 atom stereocenters. The van der Waals surface area contributed by atoms with Crippen molar-refractivity contribution in [3.8, 4) is 11.1 Å². The van der Waals surface area contributed by atoms with Crippen molar-refractivity contribution < 1.29 is 32.7 Å². The highest BCUT2D eigenvalue weighted by atomic mass is 19.4. The molecule has 0 spiro atoms. The highest BCUT2D eigenvalue weighted by molar-refractivity contribution is 6.10. The number of nitrogens with one attached hydrogen (secondary N) is 3. The molecular weight excluding hydrogens is 415 g/mol. The Balaban J connectivity index is 1.82. The van der Waals surface area contributed by atoms with Gasteiger partial charge in [0.25, 0.3) is 17.7 Å². The SMILES string of the molecule is C[C@@](O)(C(=O)NCCC(F)(F)F)C(=O)N[C@@H]1C(=O)Nc2ccccc2-c2ccccc21. The molecule has 2 aromatic carbocycles. The fourth-order valence-corrected chi connectivity index (χ4v) is 3.18. The van der Waals surface area contributed by atoms with E-state index in [-0.39, 0.29) is 0 Å². The number of aliphatic hydroxyl groups is 1. The summed E-state index contributed by atoms with van der Waals surface area (Å²) >= 11 is 0. The zero-order valence-electron chi connectivity index (χ0n) is 16.4. The highest BCUT2D eigenvalue weighted by Gasteiger charge is 2.42. The third-order valence-corrected chi connectivity index (χ3v) is 4.86. The minimum atomic E-state index is -4.50. The first-order valence-electron chi connectivity index (χ1n) is 9.38. The molecule has 1 aliphatic heterocycles. The Bertz CT molecular complexity index is 1020. The van der Waals surface area contributed by atoms with Crippen LogP contribution in [0.5, 0.6) is 0 Å². The van der Waals surface area contributed by atoms with E-state index in [2.05, 4.69) is 10.6 Å². The topological polar surface area (TPSA) is 108 Å². The quantitative estimate of drug-likeness (QED) is 0.541. The van der Waals surface area contributed by atoms with Crippen molar-refractivity contribution in [1.29, 1.82) is 0 Å². The van der Waals surface area contributed by atoms with Gasteiger partial charge in [-0.1, -0.05) is 42.5 Å². The van der Waals surface area contributed by atoms with Gasteiger partial charge in [0.2, 0.25) is 5.60 Å². The molecule has 7 nitrogen and oxygen atoms in total. The average Bonchev–Trinajstić information content (AvgIpc) is 2.82. The molecule has 31 heavy (non-hydrogen) atoms. The van der Waals surface area contributed by atoms with Crippen molar-refractivity contribution >= 4 is 23.4 Å². The summed E-state index contributed by atoms with van der Waals surface area (Å²) in [6.07, 6.45) is -5.81. The first-order valence-corrected chi connectivity index (χ1v) is 9.38. The molecule has 0 saturated carbocycles. The molecule has 0 radical (unpaired) electrons. The Labute approximate surface area is 175 Å². The number of hydrogen-bond donors (Lipinski definition) is 4. The summed E-state index contributed by atoms with van der Waals surface area (Å²) in [7, 11) is 0. The minimum Gasteiger partial charge on any atom is -0.372 e. The number of amides is 3. The third-order valence-electron chi connectivity index (χ3n) is 4.86. The van der Waals surface area contributed by atoms with Gasteiger partial charge in [0.05, 0.1) is 6.42 Å². The van der Waals surface area contributed by atoms with Gasteiger partial charge in [-0.05, 0) is 24.1 Å². The zero-order valence-corrected chi connectivity index (χ0v) is 16.4. The average molecular weight is 435 g/mol. The Kier molecular flexibility index (Phi) is 6.03. The molecule has 164 valence electrons. The van der Waals surface area contributed by atoms with Crippen LogP contribution < -0.4 is 16.0 Å². The van der Waals surface area contributed by atoms with E-state index >= 15 is 0 Å². The van der Waals surface area contributed by atoms with E-state index in [1.807, 2.05) is 5.32 Å². The van der Waals surface area contributed by atoms with E-state index in [1.54, 1.807) is 48.5 Å². The largest absolute Gasteiger partial charge is 0.390 e. The smallest absolute Gasteiger partial charge is 0.372 e. The van der Waals surface area contributed by atoms with Gasteiger partial charge in [0, 0.05) is 17.8 Å². The Morgan fingerprint density at radius 3 is 2.32 bits per heavy atom. The summed E-state index contributed by atoms with van der Waals surface area (Å²) in [5.74, 6) is -3.13. The molecule has 0 saturated heterocycles. The first-order chi connectivity index (χ1) is 14.5. The van der Waals surface area contributed by atoms with Crippen LogP contribution in [0.4, 0.5) is 18.9 Å². The van der Waals surface area contributed by atoms with Crippen molar-refractivity contribution in [3.05, 3.63) is 54.1 Å². The Hall–Kier alpha value is -3.40. The van der Waals surface area contributed by atoms with Crippen molar-refractivity contribution in [2.45, 2.75) is 31.2 Å². The van der Waals surface area contributed by atoms with E-state index in [4.69, 9.17) is 0 Å². The number of anilines is 1. The number of carbonyl (C=O) groups is 3. The summed E-state index contributed by atoms with van der Waals surface area (Å²) in [6.45, 7) is 0.0499. The minimum absolute atomic E-state index is 0.437. The predicted octanol–water partition coefficient (Wildman–Crippen LogP) is 2.28. The Morgan fingerprint density at radius 1 is 1.03 bits per heavy atom. The molecule has 0 aromatic heterocycles. The lowest BCUT2D eigenvalue weighted by molar-refractivity contribution is -0.154. The fraction of sp³-hybridized carbons (Fsp3) is 0.286. The van der Waals surface area contributed by atoms with Gasteiger partial charge in [-0.25, -0.2) is 0 Å². The van der Waals surface area contributed by atoms with E-state index in [9.17, 15) is 32.7 Å². The van der Waals surface area contributed by atoms with Gasteiger partial charge in [0.15, 0.2) is 0 Å². The number of carbonyl (C=O) groups excluding carboxylic acids is 3. The highest BCUT2D eigenvalue weighted by Crippen LogP contribution is 2.37. The molecule has 0 bridgehead atoms. The van der Waals surface area contributed by atoms with E-state index < -0.39 is 48.5 Å². The number of benzene rings is 2. The number of rotatable bonds is 5. The first kappa shape index (κ1) is 22.3. The van der Waals surface area contributed by atoms with Crippen LogP contribution in [0.25, 0.3) is 11.1 Å². The monoisotopic (exact) mass is 435 g/mol. The van der Waals surface area contributed by atoms with Crippen LogP contribution >= 0.6 is 0 Å². The van der Waals surface area contributed by atoms with Gasteiger partial charge in [0.1, 0.15) is 6.04 Å². The second-order valence-electron chi connectivity index (χ2n) is 7.22. The summed E-state index contributed by atoms with van der Waals surface area (Å²) in [5.41, 5.74) is -0.351. The second-order valence-corrected chi connectivity index (χ2v) is 7.22. The van der Waals surface area contributed by atoms with Crippen LogP contribution in [-0.2, 0) is 14.4 Å². The van der Waals surface area contributed by atoms with Crippen LogP contribution in [0.1, 0.15) is 24.9 Å². The maximum absolute atomic E-state index is 12.8. The van der Waals surface area contributed by atoms with Gasteiger partial charge in [-0.2, -0.15) is 13.2 Å². The van der Waals surface area contributed by atoms with Crippen LogP contribution in [-0.4, -0.2) is 41.2 Å². The second kappa shape index (κ2) is 8.38. The normalized spacial score (nSPS) is 17.3. The van der Waals surface area contributed by atoms with E-state index in [1.165, 1.54) is 0 Å². The molecule has 1 heterocycles. The number of para-hydroxylation sites is 1. The summed E-state index contributed by atoms with van der Waals surface area (Å²) < 4.78 is 36.8. The number of hydrogen-bond acceptors (Lipinski definition) is 4. The predicted molar refractivity (Wildman–Crippen MR) is 106 cm³/mol. The van der Waals surface area contributed by atoms with Gasteiger partial charge in [-0.15, -0.1) is 0 Å². The lowest BCUT2D eigenvalue weighted by Gasteiger charge is -2.25. The summed E-state index contributed by atoms with van der Waals surface area (Å²) in [6, 6.07) is 12.6. The molecule has 3 rings (SSSR count). The maximum Gasteiger partial charge on any atom is 0.390 e. The van der Waals surface area contributed by atoms with Crippen molar-refractivity contribution in [1.82, 2.24) is 10.6 Å². The van der Waals surface area contributed by atoms with E-state index in [0.717, 1.165) is 12.5 Å². The molecule has 10 heteroatoms. The summed E-state index contributed by atoms with van der Waals surface area (Å²) in [4.78, 5) is 37.6. The Morgan fingerprint density at radius 2 is 1.65 bits per heavy atom. The van der Waals surface area contributed by atoms with Crippen LogP contribution in [0.15, 0.2) is 48.5 Å². The molecular formula is C21H20F3N3O4. The van der Waals surface area contributed by atoms with Crippen molar-refractivity contribution in [2.24, 2.45) is 0 Å². The zero-order chi connectivity index (χ0) is 22.8. The molecule has 1 aliphatic rings. The van der Waals surface area contributed by atoms with Crippen LogP contribution in [0.3, 0.4) is 0 Å². The lowest BCUT2D eigenvalue weighted by Crippen LogP contribution is -2.56. The standard InChI is InChI=1S/C21H20F3N3O4/c1-20(31,18(29)25-11-10-21(22,23)24)19(30)27-16-14-8-3-2-6-12(14)13-7-4-5-9-15(13)26-17(16)28/h2-9,16,31H,10-11H2,1H3,(H,25,29)(H,26,28)(H,27,30)/t16-,20+/m0/s1. The van der Waals surface area contributed by atoms with E-state index in [0.29, 0.717) is 16.8 Å². The van der Waals surface area contributed by atoms with Gasteiger partial charge < -0.3 is 21.1 Å². The van der Waals surface area contributed by atoms with Gasteiger partial charge in [-0.3, -0.25) is 14.4 Å². The lowest BCUT2D eigenvalue weighted by atomic mass is 9.94. The molecule has 4 N–H and O–H groups in total. The number of alkyl halides is 3.